The summed E-state index contributed by atoms with van der Waals surface area (Å²) >= 11 is 0. The van der Waals surface area contributed by atoms with Gasteiger partial charge in [-0.1, -0.05) is 35.8 Å². The summed E-state index contributed by atoms with van der Waals surface area (Å²) in [5.74, 6) is 1.79. The molecule has 2 aliphatic rings. The predicted molar refractivity (Wildman–Crippen MR) is 109 cm³/mol. The molecule has 0 N–H and O–H groups in total. The summed E-state index contributed by atoms with van der Waals surface area (Å²) in [6.07, 6.45) is 8.96. The highest BCUT2D eigenvalue weighted by Crippen LogP contribution is 2.30. The van der Waals surface area contributed by atoms with Crippen molar-refractivity contribution in [2.45, 2.75) is 57.7 Å². The van der Waals surface area contributed by atoms with E-state index in [4.69, 9.17) is 9.26 Å². The third kappa shape index (κ3) is 4.17. The molecule has 3 aromatic rings. The maximum atomic E-state index is 6.20. The minimum Gasteiger partial charge on any atom is -0.474 e. The summed E-state index contributed by atoms with van der Waals surface area (Å²) < 4.78 is 11.8. The number of nitrogens with zero attached hydrogens (tertiary/aromatic N) is 4. The van der Waals surface area contributed by atoms with Crippen molar-refractivity contribution in [2.24, 2.45) is 0 Å². The second-order valence-corrected chi connectivity index (χ2v) is 7.98. The molecule has 29 heavy (non-hydrogen) atoms. The highest BCUT2D eigenvalue weighted by Gasteiger charge is 2.22. The van der Waals surface area contributed by atoms with E-state index in [0.29, 0.717) is 24.1 Å². The van der Waals surface area contributed by atoms with Crippen molar-refractivity contribution in [3.05, 3.63) is 59.6 Å². The van der Waals surface area contributed by atoms with Gasteiger partial charge >= 0.3 is 0 Å². The topological polar surface area (TPSA) is 64.3 Å². The number of benzene rings is 1. The molecule has 150 valence electrons. The number of hydrogen-bond acceptors (Lipinski definition) is 6. The average Bonchev–Trinajstić information content (AvgIpc) is 3.23. The third-order valence-corrected chi connectivity index (χ3v) is 5.88. The first-order chi connectivity index (χ1) is 14.3. The summed E-state index contributed by atoms with van der Waals surface area (Å²) in [4.78, 5) is 11.4. The van der Waals surface area contributed by atoms with Crippen LogP contribution in [-0.4, -0.2) is 32.7 Å². The van der Waals surface area contributed by atoms with E-state index in [1.165, 1.54) is 30.4 Å². The van der Waals surface area contributed by atoms with Crippen LogP contribution < -0.4 is 4.74 Å². The molecule has 6 nitrogen and oxygen atoms in total. The predicted octanol–water partition coefficient (Wildman–Crippen LogP) is 4.40. The molecule has 2 aromatic heterocycles. The molecule has 0 amide bonds. The van der Waals surface area contributed by atoms with Gasteiger partial charge in [-0.05, 0) is 55.4 Å². The van der Waals surface area contributed by atoms with Crippen molar-refractivity contribution in [2.75, 3.05) is 6.54 Å². The number of pyridine rings is 1. The molecule has 0 radical (unpaired) electrons. The van der Waals surface area contributed by atoms with Crippen molar-refractivity contribution < 1.29 is 9.26 Å². The van der Waals surface area contributed by atoms with Crippen LogP contribution in [0, 0.1) is 0 Å². The molecule has 1 aliphatic carbocycles. The summed E-state index contributed by atoms with van der Waals surface area (Å²) in [5.41, 5.74) is 3.63. The molecule has 5 rings (SSSR count). The van der Waals surface area contributed by atoms with Gasteiger partial charge in [0.25, 0.3) is 0 Å². The number of aromatic nitrogens is 3. The van der Waals surface area contributed by atoms with E-state index in [1.54, 1.807) is 6.20 Å². The van der Waals surface area contributed by atoms with E-state index in [1.807, 2.05) is 12.1 Å². The molecule has 1 saturated carbocycles. The van der Waals surface area contributed by atoms with Crippen LogP contribution in [0.1, 0.15) is 49.1 Å². The number of hydrogen-bond donors (Lipinski definition) is 0. The Morgan fingerprint density at radius 3 is 2.79 bits per heavy atom. The zero-order valence-corrected chi connectivity index (χ0v) is 16.6. The standard InChI is InChI=1S/C23H26N4O2/c1-2-9-19(10-3-1)28-23-20(11-6-13-24-23)22-25-21(29-26-22)16-27-14-12-17-7-4-5-8-18(17)15-27/h4-8,11,13,19H,1-3,9-10,12,14-16H2. The second-order valence-electron chi connectivity index (χ2n) is 7.98. The monoisotopic (exact) mass is 390 g/mol. The first-order valence-electron chi connectivity index (χ1n) is 10.6. The van der Waals surface area contributed by atoms with Gasteiger partial charge in [-0.25, -0.2) is 4.98 Å². The highest BCUT2D eigenvalue weighted by molar-refractivity contribution is 5.60. The quantitative estimate of drug-likeness (QED) is 0.643. The summed E-state index contributed by atoms with van der Waals surface area (Å²) in [7, 11) is 0. The van der Waals surface area contributed by atoms with Crippen molar-refractivity contribution in [1.82, 2.24) is 20.0 Å². The van der Waals surface area contributed by atoms with E-state index in [0.717, 1.165) is 37.9 Å². The Hall–Kier alpha value is -2.73. The minimum atomic E-state index is 0.234. The molecule has 1 aliphatic heterocycles. The van der Waals surface area contributed by atoms with Gasteiger partial charge in [0, 0.05) is 19.3 Å². The normalized spacial score (nSPS) is 17.8. The highest BCUT2D eigenvalue weighted by atomic mass is 16.5. The van der Waals surface area contributed by atoms with Crippen molar-refractivity contribution in [1.29, 1.82) is 0 Å². The van der Waals surface area contributed by atoms with Crippen molar-refractivity contribution in [3.63, 3.8) is 0 Å². The van der Waals surface area contributed by atoms with Gasteiger partial charge in [0.05, 0.1) is 12.1 Å². The Bertz CT molecular complexity index is 965. The van der Waals surface area contributed by atoms with Crippen LogP contribution in [0.15, 0.2) is 47.1 Å². The number of fused-ring (bicyclic) bond motifs is 1. The van der Waals surface area contributed by atoms with Crippen molar-refractivity contribution >= 4 is 0 Å². The van der Waals surface area contributed by atoms with Crippen LogP contribution in [0.4, 0.5) is 0 Å². The maximum absolute atomic E-state index is 6.20. The lowest BCUT2D eigenvalue weighted by atomic mass is 9.98. The van der Waals surface area contributed by atoms with E-state index >= 15 is 0 Å². The fourth-order valence-corrected chi connectivity index (χ4v) is 4.30. The molecule has 1 aromatic carbocycles. The average molecular weight is 390 g/mol. The Morgan fingerprint density at radius 2 is 1.90 bits per heavy atom. The van der Waals surface area contributed by atoms with Crippen LogP contribution in [0.2, 0.25) is 0 Å². The lowest BCUT2D eigenvalue weighted by Crippen LogP contribution is -2.30. The summed E-state index contributed by atoms with van der Waals surface area (Å²) in [6.45, 7) is 2.56. The van der Waals surface area contributed by atoms with E-state index in [-0.39, 0.29) is 6.10 Å². The zero-order valence-electron chi connectivity index (χ0n) is 16.6. The molecule has 6 heteroatoms. The van der Waals surface area contributed by atoms with Gasteiger partial charge in [0.15, 0.2) is 0 Å². The van der Waals surface area contributed by atoms with E-state index in [2.05, 4.69) is 44.3 Å². The zero-order chi connectivity index (χ0) is 19.5. The summed E-state index contributed by atoms with van der Waals surface area (Å²) in [5, 5.41) is 4.22. The Kier molecular flexibility index (Phi) is 5.26. The molecule has 0 bridgehead atoms. The molecule has 0 spiro atoms. The largest absolute Gasteiger partial charge is 0.474 e. The van der Waals surface area contributed by atoms with Gasteiger partial charge in [-0.2, -0.15) is 4.98 Å². The van der Waals surface area contributed by atoms with Crippen LogP contribution in [-0.2, 0) is 19.5 Å². The number of ether oxygens (including phenoxy) is 1. The Morgan fingerprint density at radius 1 is 1.03 bits per heavy atom. The molecule has 1 fully saturated rings. The van der Waals surface area contributed by atoms with Gasteiger partial charge < -0.3 is 9.26 Å². The molecule has 0 atom stereocenters. The lowest BCUT2D eigenvalue weighted by Gasteiger charge is -2.27. The fourth-order valence-electron chi connectivity index (χ4n) is 4.30. The SMILES string of the molecule is c1ccc2c(c1)CCN(Cc1nc(-c3cccnc3OC3CCCCC3)no1)C2. The Balaban J connectivity index is 1.29. The third-order valence-electron chi connectivity index (χ3n) is 5.88. The minimum absolute atomic E-state index is 0.234. The maximum Gasteiger partial charge on any atom is 0.241 e. The fraction of sp³-hybridized carbons (Fsp3) is 0.435. The second kappa shape index (κ2) is 8.33. The van der Waals surface area contributed by atoms with E-state index < -0.39 is 0 Å². The summed E-state index contributed by atoms with van der Waals surface area (Å²) in [6, 6.07) is 12.5. The molecular formula is C23H26N4O2. The van der Waals surface area contributed by atoms with Gasteiger partial charge in [-0.15, -0.1) is 0 Å². The van der Waals surface area contributed by atoms with Gasteiger partial charge in [0.2, 0.25) is 17.6 Å². The molecule has 0 saturated heterocycles. The van der Waals surface area contributed by atoms with Crippen LogP contribution in [0.5, 0.6) is 5.88 Å². The van der Waals surface area contributed by atoms with Crippen LogP contribution in [0.25, 0.3) is 11.4 Å². The molecular weight excluding hydrogens is 364 g/mol. The van der Waals surface area contributed by atoms with Gasteiger partial charge in [-0.3, -0.25) is 4.90 Å². The molecule has 0 unspecified atom stereocenters. The first-order valence-corrected chi connectivity index (χ1v) is 10.6. The van der Waals surface area contributed by atoms with Crippen molar-refractivity contribution in [3.8, 4) is 17.3 Å². The van der Waals surface area contributed by atoms with Gasteiger partial charge in [0.1, 0.15) is 6.10 Å². The Labute approximate surface area is 170 Å². The lowest BCUT2D eigenvalue weighted by molar-refractivity contribution is 0.149. The van der Waals surface area contributed by atoms with Crippen LogP contribution in [0.3, 0.4) is 0 Å². The van der Waals surface area contributed by atoms with E-state index in [9.17, 15) is 0 Å². The molecule has 3 heterocycles. The smallest absolute Gasteiger partial charge is 0.241 e. The first kappa shape index (κ1) is 18.3. The van der Waals surface area contributed by atoms with Crippen LogP contribution >= 0.6 is 0 Å². The number of rotatable bonds is 5.